The van der Waals surface area contributed by atoms with E-state index in [2.05, 4.69) is 11.6 Å². The minimum atomic E-state index is -0.226. The van der Waals surface area contributed by atoms with E-state index in [1.165, 1.54) is 11.8 Å². The number of morpholine rings is 1. The summed E-state index contributed by atoms with van der Waals surface area (Å²) in [6.45, 7) is 8.92. The highest BCUT2D eigenvalue weighted by molar-refractivity contribution is 7.99. The maximum absolute atomic E-state index is 13.1. The fourth-order valence-corrected chi connectivity index (χ4v) is 4.01. The standard InChI is InChI=1S/C23H26N2O4S/c1-4-12-30-22-21(6-5-9-24-22)23(27)25-10-11-28-19(14-25)15-29-18-7-8-20(17(3)26)16(2)13-18/h4-9,13,19H,1,10-12,14-15H2,2-3H3. The molecule has 30 heavy (non-hydrogen) atoms. The van der Waals surface area contributed by atoms with E-state index in [4.69, 9.17) is 9.47 Å². The van der Waals surface area contributed by atoms with Crippen molar-refractivity contribution in [2.45, 2.75) is 25.0 Å². The molecule has 1 unspecified atom stereocenters. The topological polar surface area (TPSA) is 68.7 Å². The number of ether oxygens (including phenoxy) is 2. The van der Waals surface area contributed by atoms with E-state index in [1.807, 2.05) is 13.0 Å². The molecule has 3 rings (SSSR count). The number of aryl methyl sites for hydroxylation is 1. The van der Waals surface area contributed by atoms with Crippen LogP contribution in [0.2, 0.25) is 0 Å². The van der Waals surface area contributed by atoms with E-state index in [0.29, 0.717) is 54.0 Å². The predicted molar refractivity (Wildman–Crippen MR) is 117 cm³/mol. The minimum absolute atomic E-state index is 0.0323. The maximum Gasteiger partial charge on any atom is 0.256 e. The van der Waals surface area contributed by atoms with Crippen molar-refractivity contribution in [1.82, 2.24) is 9.88 Å². The van der Waals surface area contributed by atoms with Gasteiger partial charge in [0.2, 0.25) is 0 Å². The first-order valence-electron chi connectivity index (χ1n) is 9.83. The third kappa shape index (κ3) is 5.49. The smallest absolute Gasteiger partial charge is 0.256 e. The molecule has 0 bridgehead atoms. The Morgan fingerprint density at radius 2 is 2.20 bits per heavy atom. The average molecular weight is 427 g/mol. The monoisotopic (exact) mass is 426 g/mol. The molecule has 1 amide bonds. The second-order valence-electron chi connectivity index (χ2n) is 7.04. The van der Waals surface area contributed by atoms with E-state index in [0.717, 1.165) is 5.56 Å². The molecule has 1 aliphatic heterocycles. The Hall–Kier alpha value is -2.64. The quantitative estimate of drug-likeness (QED) is 0.363. The Bertz CT molecular complexity index is 931. The molecule has 1 aromatic carbocycles. The van der Waals surface area contributed by atoms with Gasteiger partial charge in [-0.2, -0.15) is 0 Å². The summed E-state index contributed by atoms with van der Waals surface area (Å²) < 4.78 is 11.7. The molecule has 1 saturated heterocycles. The van der Waals surface area contributed by atoms with Crippen LogP contribution in [0, 0.1) is 6.92 Å². The molecule has 2 heterocycles. The summed E-state index contributed by atoms with van der Waals surface area (Å²) in [4.78, 5) is 30.8. The van der Waals surface area contributed by atoms with E-state index in [-0.39, 0.29) is 17.8 Å². The highest BCUT2D eigenvalue weighted by Gasteiger charge is 2.27. The highest BCUT2D eigenvalue weighted by Crippen LogP contribution is 2.23. The summed E-state index contributed by atoms with van der Waals surface area (Å²) in [5.74, 6) is 1.35. The number of hydrogen-bond donors (Lipinski definition) is 0. The first-order valence-corrected chi connectivity index (χ1v) is 10.8. The van der Waals surface area contributed by atoms with Crippen LogP contribution in [-0.2, 0) is 4.74 Å². The molecule has 0 spiro atoms. The van der Waals surface area contributed by atoms with Crippen molar-refractivity contribution < 1.29 is 19.1 Å². The number of benzene rings is 1. The Labute approximate surface area is 181 Å². The van der Waals surface area contributed by atoms with Gasteiger partial charge in [0, 0.05) is 24.1 Å². The molecular formula is C23H26N2O4S. The zero-order valence-corrected chi connectivity index (χ0v) is 18.1. The zero-order valence-electron chi connectivity index (χ0n) is 17.3. The molecule has 0 aliphatic carbocycles. The minimum Gasteiger partial charge on any atom is -0.491 e. The summed E-state index contributed by atoms with van der Waals surface area (Å²) in [5.41, 5.74) is 2.17. The van der Waals surface area contributed by atoms with Gasteiger partial charge in [0.25, 0.3) is 5.91 Å². The van der Waals surface area contributed by atoms with Crippen molar-refractivity contribution in [3.05, 3.63) is 65.9 Å². The second kappa shape index (κ2) is 10.4. The van der Waals surface area contributed by atoms with Gasteiger partial charge in [-0.05, 0) is 49.7 Å². The summed E-state index contributed by atoms with van der Waals surface area (Å²) in [5, 5.41) is 0.711. The lowest BCUT2D eigenvalue weighted by atomic mass is 10.1. The Morgan fingerprint density at radius 3 is 2.93 bits per heavy atom. The van der Waals surface area contributed by atoms with Crippen LogP contribution in [0.3, 0.4) is 0 Å². The van der Waals surface area contributed by atoms with Gasteiger partial charge in [0.1, 0.15) is 23.5 Å². The lowest BCUT2D eigenvalue weighted by Crippen LogP contribution is -2.47. The van der Waals surface area contributed by atoms with Gasteiger partial charge in [-0.1, -0.05) is 6.08 Å². The van der Waals surface area contributed by atoms with Crippen molar-refractivity contribution in [1.29, 1.82) is 0 Å². The highest BCUT2D eigenvalue weighted by atomic mass is 32.2. The molecule has 0 saturated carbocycles. The largest absolute Gasteiger partial charge is 0.491 e. The number of thioether (sulfide) groups is 1. The van der Waals surface area contributed by atoms with E-state index < -0.39 is 0 Å². The fraction of sp³-hybridized carbons (Fsp3) is 0.348. The molecule has 7 heteroatoms. The van der Waals surface area contributed by atoms with Crippen LogP contribution in [0.15, 0.2) is 54.2 Å². The number of carbonyl (C=O) groups is 2. The number of pyridine rings is 1. The van der Waals surface area contributed by atoms with Gasteiger partial charge in [-0.3, -0.25) is 9.59 Å². The fourth-order valence-electron chi connectivity index (χ4n) is 3.29. The van der Waals surface area contributed by atoms with Crippen LogP contribution in [0.5, 0.6) is 5.75 Å². The summed E-state index contributed by atoms with van der Waals surface area (Å²) in [6.07, 6.45) is 3.26. The van der Waals surface area contributed by atoms with Crippen molar-refractivity contribution >= 4 is 23.5 Å². The van der Waals surface area contributed by atoms with Gasteiger partial charge in [0.15, 0.2) is 5.78 Å². The molecule has 0 radical (unpaired) electrons. The van der Waals surface area contributed by atoms with Crippen molar-refractivity contribution in [2.75, 3.05) is 32.1 Å². The molecule has 158 valence electrons. The number of amides is 1. The third-order valence-corrected chi connectivity index (χ3v) is 5.78. The Balaban J connectivity index is 1.62. The Kier molecular flexibility index (Phi) is 7.65. The first-order chi connectivity index (χ1) is 14.5. The van der Waals surface area contributed by atoms with Crippen LogP contribution in [0.25, 0.3) is 0 Å². The summed E-state index contributed by atoms with van der Waals surface area (Å²) in [7, 11) is 0. The average Bonchev–Trinajstić information content (AvgIpc) is 2.76. The molecule has 1 atom stereocenters. The van der Waals surface area contributed by atoms with Crippen molar-refractivity contribution in [3.63, 3.8) is 0 Å². The van der Waals surface area contributed by atoms with Gasteiger partial charge in [-0.15, -0.1) is 18.3 Å². The van der Waals surface area contributed by atoms with Gasteiger partial charge < -0.3 is 14.4 Å². The summed E-state index contributed by atoms with van der Waals surface area (Å²) >= 11 is 1.50. The van der Waals surface area contributed by atoms with Crippen LogP contribution in [0.1, 0.15) is 33.2 Å². The van der Waals surface area contributed by atoms with E-state index in [1.54, 1.807) is 48.4 Å². The Morgan fingerprint density at radius 1 is 1.37 bits per heavy atom. The van der Waals surface area contributed by atoms with Crippen molar-refractivity contribution in [3.8, 4) is 5.75 Å². The van der Waals surface area contributed by atoms with Gasteiger partial charge >= 0.3 is 0 Å². The molecule has 6 nitrogen and oxygen atoms in total. The number of carbonyl (C=O) groups excluding carboxylic acids is 2. The van der Waals surface area contributed by atoms with Crippen LogP contribution < -0.4 is 4.74 Å². The van der Waals surface area contributed by atoms with E-state index in [9.17, 15) is 9.59 Å². The molecule has 1 aromatic heterocycles. The normalized spacial score (nSPS) is 16.2. The molecule has 1 aliphatic rings. The number of Topliss-reactive ketones (excluding diaryl/α,β-unsaturated/α-hetero) is 1. The molecule has 2 aromatic rings. The zero-order chi connectivity index (χ0) is 21.5. The summed E-state index contributed by atoms with van der Waals surface area (Å²) in [6, 6.07) is 8.99. The number of hydrogen-bond acceptors (Lipinski definition) is 6. The predicted octanol–water partition coefficient (Wildman–Crippen LogP) is 3.79. The van der Waals surface area contributed by atoms with Crippen LogP contribution >= 0.6 is 11.8 Å². The maximum atomic E-state index is 13.1. The number of aromatic nitrogens is 1. The van der Waals surface area contributed by atoms with Crippen LogP contribution in [0.4, 0.5) is 0 Å². The third-order valence-electron chi connectivity index (χ3n) is 4.78. The van der Waals surface area contributed by atoms with Gasteiger partial charge in [-0.25, -0.2) is 4.98 Å². The lowest BCUT2D eigenvalue weighted by Gasteiger charge is -2.33. The number of ketones is 1. The van der Waals surface area contributed by atoms with Crippen molar-refractivity contribution in [2.24, 2.45) is 0 Å². The van der Waals surface area contributed by atoms with Crippen LogP contribution in [-0.4, -0.2) is 59.7 Å². The molecule has 0 N–H and O–H groups in total. The molecule has 1 fully saturated rings. The molecular weight excluding hydrogens is 400 g/mol. The SMILES string of the molecule is C=CCSc1ncccc1C(=O)N1CCOC(COc2ccc(C(C)=O)c(C)c2)C1. The van der Waals surface area contributed by atoms with E-state index >= 15 is 0 Å². The number of nitrogens with zero attached hydrogens (tertiary/aromatic N) is 2. The lowest BCUT2D eigenvalue weighted by molar-refractivity contribution is -0.0402. The van der Waals surface area contributed by atoms with Gasteiger partial charge in [0.05, 0.1) is 18.7 Å². The first kappa shape index (κ1) is 22.1. The second-order valence-corrected chi connectivity index (χ2v) is 8.05. The number of rotatable bonds is 8.